The van der Waals surface area contributed by atoms with Gasteiger partial charge in [0.05, 0.1) is 30.5 Å². The summed E-state index contributed by atoms with van der Waals surface area (Å²) in [7, 11) is 0. The zero-order valence-corrected chi connectivity index (χ0v) is 16.6. The molecule has 0 bridgehead atoms. The van der Waals surface area contributed by atoms with Crippen LogP contribution in [-0.4, -0.2) is 31.6 Å². The van der Waals surface area contributed by atoms with E-state index in [4.69, 9.17) is 4.42 Å². The van der Waals surface area contributed by atoms with E-state index in [0.29, 0.717) is 31.7 Å². The number of rotatable bonds is 4. The Morgan fingerprint density at radius 2 is 1.83 bits per heavy atom. The first-order chi connectivity index (χ1) is 14.7. The fourth-order valence-corrected chi connectivity index (χ4v) is 4.70. The molecule has 0 spiro atoms. The molecule has 2 unspecified atom stereocenters. The second kappa shape index (κ2) is 7.86. The van der Waals surface area contributed by atoms with E-state index in [0.717, 1.165) is 12.3 Å². The van der Waals surface area contributed by atoms with Crippen LogP contribution in [0.1, 0.15) is 11.3 Å². The van der Waals surface area contributed by atoms with Crippen molar-refractivity contribution in [3.05, 3.63) is 84.1 Å². The molecule has 1 saturated heterocycles. The number of piperazine rings is 1. The number of halogens is 1. The van der Waals surface area contributed by atoms with Crippen LogP contribution in [0.25, 0.3) is 0 Å². The van der Waals surface area contributed by atoms with Gasteiger partial charge in [-0.15, -0.1) is 0 Å². The number of para-hydroxylation sites is 2. The Morgan fingerprint density at radius 1 is 1.03 bits per heavy atom. The van der Waals surface area contributed by atoms with Crippen LogP contribution in [0, 0.1) is 11.7 Å². The van der Waals surface area contributed by atoms with Gasteiger partial charge in [0.2, 0.25) is 5.91 Å². The van der Waals surface area contributed by atoms with Crippen molar-refractivity contribution in [2.75, 3.05) is 29.4 Å². The number of amides is 1. The maximum atomic E-state index is 14.4. The zero-order chi connectivity index (χ0) is 20.5. The van der Waals surface area contributed by atoms with Crippen LogP contribution in [0.15, 0.2) is 71.3 Å². The van der Waals surface area contributed by atoms with Gasteiger partial charge in [0.15, 0.2) is 0 Å². The van der Waals surface area contributed by atoms with E-state index in [1.807, 2.05) is 36.4 Å². The fourth-order valence-electron chi connectivity index (χ4n) is 4.70. The van der Waals surface area contributed by atoms with Crippen molar-refractivity contribution in [1.29, 1.82) is 0 Å². The molecule has 30 heavy (non-hydrogen) atoms. The molecule has 0 saturated carbocycles. The van der Waals surface area contributed by atoms with Crippen LogP contribution in [-0.2, 0) is 17.8 Å². The third-order valence-electron chi connectivity index (χ3n) is 6.17. The first-order valence-electron chi connectivity index (χ1n) is 10.3. The minimum absolute atomic E-state index is 0.00582. The summed E-state index contributed by atoms with van der Waals surface area (Å²) in [5.41, 5.74) is 2.97. The van der Waals surface area contributed by atoms with Crippen molar-refractivity contribution in [2.45, 2.75) is 19.0 Å². The highest BCUT2D eigenvalue weighted by Gasteiger charge is 2.41. The molecule has 6 heteroatoms. The smallest absolute Gasteiger partial charge is 0.225 e. The van der Waals surface area contributed by atoms with Crippen LogP contribution >= 0.6 is 0 Å². The van der Waals surface area contributed by atoms with E-state index in [1.54, 1.807) is 12.3 Å². The summed E-state index contributed by atoms with van der Waals surface area (Å²) in [5, 5.41) is 3.03. The second-order valence-electron chi connectivity index (χ2n) is 7.89. The molecule has 3 aromatic rings. The Labute approximate surface area is 175 Å². The molecule has 5 nitrogen and oxygen atoms in total. The highest BCUT2D eigenvalue weighted by Crippen LogP contribution is 2.37. The maximum absolute atomic E-state index is 14.4. The Hall–Kier alpha value is -3.28. The van der Waals surface area contributed by atoms with Crippen molar-refractivity contribution < 1.29 is 13.6 Å². The van der Waals surface area contributed by atoms with Crippen LogP contribution < -0.4 is 15.1 Å². The van der Waals surface area contributed by atoms with Crippen LogP contribution in [0.5, 0.6) is 0 Å². The van der Waals surface area contributed by atoms with Crippen molar-refractivity contribution in [3.63, 3.8) is 0 Å². The summed E-state index contributed by atoms with van der Waals surface area (Å²) in [6.45, 7) is 2.44. The minimum Gasteiger partial charge on any atom is -0.467 e. The van der Waals surface area contributed by atoms with Gasteiger partial charge in [0.1, 0.15) is 11.6 Å². The molecule has 1 fully saturated rings. The van der Waals surface area contributed by atoms with Crippen molar-refractivity contribution in [2.24, 2.45) is 5.92 Å². The Balaban J connectivity index is 1.42. The number of fused-ring (bicyclic) bond motifs is 3. The van der Waals surface area contributed by atoms with Gasteiger partial charge in [-0.2, -0.15) is 0 Å². The standard InChI is InChI=1S/C24H24FN3O2/c25-20-8-2-4-10-22(20)27-11-12-28-21-9-3-1-6-17(21)14-19(23(28)16-27)24(29)26-15-18-7-5-13-30-18/h1-10,13,19,23H,11-12,14-16H2,(H,26,29). The quantitative estimate of drug-likeness (QED) is 0.721. The number of anilines is 2. The molecule has 3 heterocycles. The predicted octanol–water partition coefficient (Wildman–Crippen LogP) is 3.60. The average Bonchev–Trinajstić information content (AvgIpc) is 3.30. The average molecular weight is 405 g/mol. The molecule has 2 atom stereocenters. The van der Waals surface area contributed by atoms with E-state index in [-0.39, 0.29) is 23.7 Å². The molecular weight excluding hydrogens is 381 g/mol. The molecule has 2 aliphatic heterocycles. The summed E-state index contributed by atoms with van der Waals surface area (Å²) in [4.78, 5) is 17.6. The minimum atomic E-state index is -0.221. The molecular formula is C24H24FN3O2. The largest absolute Gasteiger partial charge is 0.467 e. The van der Waals surface area contributed by atoms with Gasteiger partial charge in [-0.1, -0.05) is 30.3 Å². The van der Waals surface area contributed by atoms with Crippen molar-refractivity contribution in [1.82, 2.24) is 5.32 Å². The monoisotopic (exact) mass is 405 g/mol. The number of carbonyl (C=O) groups excluding carboxylic acids is 1. The number of furan rings is 1. The van der Waals surface area contributed by atoms with Crippen molar-refractivity contribution >= 4 is 17.3 Å². The third-order valence-corrected chi connectivity index (χ3v) is 6.17. The highest BCUT2D eigenvalue weighted by molar-refractivity contribution is 5.82. The van der Waals surface area contributed by atoms with Crippen LogP contribution in [0.3, 0.4) is 0 Å². The van der Waals surface area contributed by atoms with Crippen LogP contribution in [0.4, 0.5) is 15.8 Å². The summed E-state index contributed by atoms with van der Waals surface area (Å²) in [5.74, 6) is 0.296. The Morgan fingerprint density at radius 3 is 2.63 bits per heavy atom. The molecule has 1 N–H and O–H groups in total. The van der Waals surface area contributed by atoms with Gasteiger partial charge in [-0.05, 0) is 42.3 Å². The van der Waals surface area contributed by atoms with Crippen LogP contribution in [0.2, 0.25) is 0 Å². The number of nitrogens with one attached hydrogen (secondary N) is 1. The second-order valence-corrected chi connectivity index (χ2v) is 7.89. The van der Waals surface area contributed by atoms with Gasteiger partial charge >= 0.3 is 0 Å². The van der Waals surface area contributed by atoms with Crippen molar-refractivity contribution in [3.8, 4) is 0 Å². The maximum Gasteiger partial charge on any atom is 0.225 e. The van der Waals surface area contributed by atoms with E-state index in [1.165, 1.54) is 17.3 Å². The van der Waals surface area contributed by atoms with Gasteiger partial charge in [0.25, 0.3) is 0 Å². The fraction of sp³-hybridized carbons (Fsp3) is 0.292. The zero-order valence-electron chi connectivity index (χ0n) is 16.6. The third kappa shape index (κ3) is 3.43. The SMILES string of the molecule is O=C(NCc1ccco1)C1Cc2ccccc2N2CCN(c3ccccc3F)CC12. The molecule has 154 valence electrons. The summed E-state index contributed by atoms with van der Waals surface area (Å²) in [6, 6.07) is 18.8. The lowest BCUT2D eigenvalue weighted by molar-refractivity contribution is -0.126. The number of hydrogen-bond acceptors (Lipinski definition) is 4. The number of hydrogen-bond donors (Lipinski definition) is 1. The normalized spacial score (nSPS) is 20.4. The molecule has 0 radical (unpaired) electrons. The Bertz CT molecular complexity index is 1040. The summed E-state index contributed by atoms with van der Waals surface area (Å²) in [6.07, 6.45) is 2.28. The van der Waals surface area contributed by atoms with E-state index < -0.39 is 0 Å². The number of benzene rings is 2. The molecule has 5 rings (SSSR count). The molecule has 2 aliphatic rings. The molecule has 1 amide bonds. The molecule has 0 aliphatic carbocycles. The number of carbonyl (C=O) groups is 1. The lowest BCUT2D eigenvalue weighted by Crippen LogP contribution is -2.61. The molecule has 1 aromatic heterocycles. The summed E-state index contributed by atoms with van der Waals surface area (Å²) >= 11 is 0. The Kier molecular flexibility index (Phi) is 4.91. The topological polar surface area (TPSA) is 48.7 Å². The van der Waals surface area contributed by atoms with Gasteiger partial charge < -0.3 is 19.5 Å². The molecule has 2 aromatic carbocycles. The van der Waals surface area contributed by atoms with Gasteiger partial charge in [0, 0.05) is 25.3 Å². The van der Waals surface area contributed by atoms with E-state index >= 15 is 0 Å². The highest BCUT2D eigenvalue weighted by atomic mass is 19.1. The van der Waals surface area contributed by atoms with Gasteiger partial charge in [-0.25, -0.2) is 4.39 Å². The summed E-state index contributed by atoms with van der Waals surface area (Å²) < 4.78 is 19.8. The number of nitrogens with zero attached hydrogens (tertiary/aromatic N) is 2. The van der Waals surface area contributed by atoms with E-state index in [2.05, 4.69) is 27.2 Å². The lowest BCUT2D eigenvalue weighted by Gasteiger charge is -2.49. The van der Waals surface area contributed by atoms with E-state index in [9.17, 15) is 9.18 Å². The first kappa shape index (κ1) is 18.7. The van der Waals surface area contributed by atoms with Gasteiger partial charge in [-0.3, -0.25) is 4.79 Å². The predicted molar refractivity (Wildman–Crippen MR) is 114 cm³/mol. The first-order valence-corrected chi connectivity index (χ1v) is 10.3. The lowest BCUT2D eigenvalue weighted by atomic mass is 9.83.